The molecule has 0 unspecified atom stereocenters. The second-order valence-electron chi connectivity index (χ2n) is 6.20. The Bertz CT molecular complexity index is 378. The van der Waals surface area contributed by atoms with E-state index in [2.05, 4.69) is 50.4 Å². The fourth-order valence-corrected chi connectivity index (χ4v) is 7.58. The molecule has 0 heterocycles. The van der Waals surface area contributed by atoms with Crippen molar-refractivity contribution < 1.29 is 19.2 Å². The first-order valence-corrected chi connectivity index (χ1v) is 11.3. The van der Waals surface area contributed by atoms with Crippen LogP contribution >= 0.6 is 19.5 Å². The summed E-state index contributed by atoms with van der Waals surface area (Å²) in [7, 11) is 0.130. The van der Waals surface area contributed by atoms with E-state index in [1.165, 1.54) is 56.9 Å². The first-order valence-electron chi connectivity index (χ1n) is 8.19. The zero-order valence-electron chi connectivity index (χ0n) is 13.0. The molecule has 3 rings (SSSR count). The molecule has 0 atom stereocenters. The molecule has 0 amide bonds. The molecular weight excluding hydrogens is 389 g/mol. The molecule has 3 heteroatoms. The average molecular weight is 416 g/mol. The van der Waals surface area contributed by atoms with Crippen LogP contribution < -0.4 is 5.30 Å². The molecule has 0 N–H and O–H groups in total. The summed E-state index contributed by atoms with van der Waals surface area (Å²) >= 11 is 7.64. The summed E-state index contributed by atoms with van der Waals surface area (Å²) in [5.74, 6) is 0. The predicted molar refractivity (Wildman–Crippen MR) is 93.0 cm³/mol. The van der Waals surface area contributed by atoms with E-state index in [9.17, 15) is 0 Å². The third kappa shape index (κ3) is 5.32. The van der Waals surface area contributed by atoms with Gasteiger partial charge in [-0.2, -0.15) is 0 Å². The van der Waals surface area contributed by atoms with Crippen molar-refractivity contribution in [1.82, 2.24) is 0 Å². The van der Waals surface area contributed by atoms with Gasteiger partial charge in [0.2, 0.25) is 0 Å². The normalized spacial score (nSPS) is 19.9. The Morgan fingerprint density at radius 1 is 0.952 bits per heavy atom. The van der Waals surface area contributed by atoms with E-state index in [0.29, 0.717) is 4.35 Å². The van der Waals surface area contributed by atoms with E-state index in [4.69, 9.17) is 11.6 Å². The van der Waals surface area contributed by atoms with Gasteiger partial charge in [0.1, 0.15) is 0 Å². The third-order valence-electron chi connectivity index (χ3n) is 4.77. The van der Waals surface area contributed by atoms with Crippen LogP contribution in [0.3, 0.4) is 0 Å². The van der Waals surface area contributed by atoms with Crippen LogP contribution in [-0.2, 0) is 19.2 Å². The molecule has 2 fully saturated rings. The number of rotatable bonds is 3. The van der Waals surface area contributed by atoms with Gasteiger partial charge in [-0.25, -0.2) is 0 Å². The zero-order valence-corrected chi connectivity index (χ0v) is 16.2. The molecule has 2 aliphatic rings. The molecule has 121 valence electrons. The van der Waals surface area contributed by atoms with Gasteiger partial charge in [0.25, 0.3) is 0 Å². The van der Waals surface area contributed by atoms with Crippen LogP contribution in [-0.4, -0.2) is 15.7 Å². The van der Waals surface area contributed by atoms with Crippen LogP contribution in [0.1, 0.15) is 56.9 Å². The molecule has 2 saturated carbocycles. The molecule has 1 aromatic carbocycles. The predicted octanol–water partition coefficient (Wildman–Crippen LogP) is 5.72. The van der Waals surface area contributed by atoms with Gasteiger partial charge in [0, 0.05) is 0 Å². The minimum absolute atomic E-state index is 0.130. The van der Waals surface area contributed by atoms with Gasteiger partial charge in [-0.05, 0) is 49.2 Å². The van der Waals surface area contributed by atoms with Gasteiger partial charge < -0.3 is 0 Å². The minimum atomic E-state index is 0.130. The Morgan fingerprint density at radius 3 is 1.71 bits per heavy atom. The van der Waals surface area contributed by atoms with Crippen molar-refractivity contribution in [2.45, 2.75) is 69.6 Å². The SMILES string of the molecule is Cc1ccc(P(C2CCCC2)C2CCCC2)cc1.Cl[CH2][Pd]. The van der Waals surface area contributed by atoms with Crippen molar-refractivity contribution in [2.75, 3.05) is 4.35 Å². The van der Waals surface area contributed by atoms with E-state index >= 15 is 0 Å². The van der Waals surface area contributed by atoms with E-state index < -0.39 is 0 Å². The number of benzene rings is 1. The Labute approximate surface area is 147 Å². The number of alkyl halides is 1. The Kier molecular flexibility index (Phi) is 8.27. The van der Waals surface area contributed by atoms with Crippen molar-refractivity contribution in [3.05, 3.63) is 29.8 Å². The second-order valence-corrected chi connectivity index (χ2v) is 10.4. The van der Waals surface area contributed by atoms with Gasteiger partial charge in [-0.1, -0.05) is 63.4 Å². The molecule has 0 aliphatic heterocycles. The second kappa shape index (κ2) is 9.68. The summed E-state index contributed by atoms with van der Waals surface area (Å²) in [6, 6.07) is 9.54. The summed E-state index contributed by atoms with van der Waals surface area (Å²) < 4.78 is 0.572. The maximum absolute atomic E-state index is 4.93. The molecule has 0 saturated heterocycles. The molecule has 0 nitrogen and oxygen atoms in total. The molecule has 1 aromatic rings. The van der Waals surface area contributed by atoms with Crippen molar-refractivity contribution in [2.24, 2.45) is 0 Å². The third-order valence-corrected chi connectivity index (χ3v) is 8.27. The van der Waals surface area contributed by atoms with Gasteiger partial charge in [-0.15, -0.1) is 0 Å². The monoisotopic (exact) mass is 415 g/mol. The Hall–Kier alpha value is 0.602. The molecule has 0 radical (unpaired) electrons. The summed E-state index contributed by atoms with van der Waals surface area (Å²) in [4.78, 5) is 0. The Morgan fingerprint density at radius 2 is 1.33 bits per heavy atom. The summed E-state index contributed by atoms with van der Waals surface area (Å²) in [5, 5.41) is 1.70. The van der Waals surface area contributed by atoms with E-state index in [1.807, 2.05) is 0 Å². The fraction of sp³-hybridized carbons (Fsp3) is 0.667. The average Bonchev–Trinajstić information content (AvgIpc) is 3.16. The summed E-state index contributed by atoms with van der Waals surface area (Å²) in [5.41, 5.74) is 3.50. The van der Waals surface area contributed by atoms with Gasteiger partial charge in [0.05, 0.1) is 0 Å². The van der Waals surface area contributed by atoms with Gasteiger partial charge in [0.15, 0.2) is 0 Å². The number of hydrogen-bond donors (Lipinski definition) is 0. The summed E-state index contributed by atoms with van der Waals surface area (Å²) in [6.07, 6.45) is 12.0. The Balaban J connectivity index is 0.000000497. The molecule has 0 aromatic heterocycles. The fourth-order valence-electron chi connectivity index (χ4n) is 3.80. The van der Waals surface area contributed by atoms with Crippen LogP contribution in [0.5, 0.6) is 0 Å². The molecule has 21 heavy (non-hydrogen) atoms. The van der Waals surface area contributed by atoms with Crippen molar-refractivity contribution >= 4 is 24.8 Å². The topological polar surface area (TPSA) is 0 Å². The molecule has 2 aliphatic carbocycles. The van der Waals surface area contributed by atoms with Crippen molar-refractivity contribution in [3.8, 4) is 0 Å². The molecule has 0 bridgehead atoms. The standard InChI is InChI=1S/C17H25P.CH2Cl.Pd/c1-14-10-12-17(13-11-14)18(15-6-2-3-7-15)16-8-4-5-9-16;1-2;/h10-13,15-16H,2-9H2,1H3;1H2;. The molecule has 0 spiro atoms. The van der Waals surface area contributed by atoms with Gasteiger partial charge >= 0.3 is 35.2 Å². The molecular formula is C18H27ClPPd. The quantitative estimate of drug-likeness (QED) is 0.336. The van der Waals surface area contributed by atoms with E-state index in [-0.39, 0.29) is 7.92 Å². The van der Waals surface area contributed by atoms with Gasteiger partial charge in [-0.3, -0.25) is 0 Å². The number of halogens is 1. The first-order chi connectivity index (χ1) is 10.3. The first kappa shape index (κ1) is 17.9. The van der Waals surface area contributed by atoms with Crippen LogP contribution in [0.4, 0.5) is 0 Å². The number of aryl methyl sites for hydroxylation is 1. The van der Waals surface area contributed by atoms with E-state index in [0.717, 1.165) is 11.3 Å². The van der Waals surface area contributed by atoms with E-state index in [1.54, 1.807) is 5.30 Å². The van der Waals surface area contributed by atoms with Crippen molar-refractivity contribution in [3.63, 3.8) is 0 Å². The van der Waals surface area contributed by atoms with Crippen LogP contribution in [0.15, 0.2) is 24.3 Å². The van der Waals surface area contributed by atoms with Crippen LogP contribution in [0, 0.1) is 6.92 Å². The maximum atomic E-state index is 4.93. The van der Waals surface area contributed by atoms with Crippen LogP contribution in [0.2, 0.25) is 0 Å². The summed E-state index contributed by atoms with van der Waals surface area (Å²) in [6.45, 7) is 2.21. The van der Waals surface area contributed by atoms with Crippen molar-refractivity contribution in [1.29, 1.82) is 0 Å². The van der Waals surface area contributed by atoms with Crippen LogP contribution in [0.25, 0.3) is 0 Å². The number of hydrogen-bond acceptors (Lipinski definition) is 0. The zero-order chi connectivity index (χ0) is 15.1.